The first-order valence-electron chi connectivity index (χ1n) is 9.24. The van der Waals surface area contributed by atoms with Crippen LogP contribution in [0.25, 0.3) is 0 Å². The molecule has 0 radical (unpaired) electrons. The molecule has 1 saturated carbocycles. The molecule has 1 aliphatic carbocycles. The van der Waals surface area contributed by atoms with Crippen molar-refractivity contribution in [3.05, 3.63) is 58.9 Å². The van der Waals surface area contributed by atoms with Crippen LogP contribution >= 0.6 is 11.6 Å². The molecule has 2 N–H and O–H groups in total. The Balaban J connectivity index is 1.77. The van der Waals surface area contributed by atoms with E-state index in [1.807, 2.05) is 0 Å². The molecule has 29 heavy (non-hydrogen) atoms. The number of carboxylic acids is 1. The van der Waals surface area contributed by atoms with E-state index in [1.165, 1.54) is 18.2 Å². The van der Waals surface area contributed by atoms with Crippen molar-refractivity contribution in [2.75, 3.05) is 10.6 Å². The van der Waals surface area contributed by atoms with E-state index in [0.717, 1.165) is 18.9 Å². The number of hydrogen-bond donors (Lipinski definition) is 2. The molecule has 2 aromatic carbocycles. The number of hydrogen-bond acceptors (Lipinski definition) is 4. The monoisotopic (exact) mass is 417 g/mol. The zero-order valence-corrected chi connectivity index (χ0v) is 16.2. The Labute approximate surface area is 172 Å². The van der Waals surface area contributed by atoms with Gasteiger partial charge < -0.3 is 20.5 Å². The van der Waals surface area contributed by atoms with Gasteiger partial charge in [0, 0.05) is 23.5 Å². The molecule has 8 heteroatoms. The van der Waals surface area contributed by atoms with Crippen molar-refractivity contribution in [2.45, 2.75) is 25.7 Å². The van der Waals surface area contributed by atoms with Gasteiger partial charge in [-0.1, -0.05) is 36.6 Å². The van der Waals surface area contributed by atoms with Crippen molar-refractivity contribution in [3.63, 3.8) is 0 Å². The number of halogens is 2. The number of carbonyl (C=O) groups excluding carboxylic acids is 3. The number of carbonyl (C=O) groups is 3. The summed E-state index contributed by atoms with van der Waals surface area (Å²) in [7, 11) is 0. The van der Waals surface area contributed by atoms with Gasteiger partial charge in [-0.15, -0.1) is 0 Å². The van der Waals surface area contributed by atoms with Crippen LogP contribution in [0, 0.1) is 17.7 Å². The third-order valence-electron chi connectivity index (χ3n) is 5.01. The van der Waals surface area contributed by atoms with Gasteiger partial charge in [-0.05, 0) is 43.2 Å². The summed E-state index contributed by atoms with van der Waals surface area (Å²) in [5.74, 6) is -4.36. The van der Waals surface area contributed by atoms with Crippen LogP contribution in [-0.4, -0.2) is 17.8 Å². The summed E-state index contributed by atoms with van der Waals surface area (Å²) in [5, 5.41) is 16.5. The van der Waals surface area contributed by atoms with E-state index < -0.39 is 35.4 Å². The number of amides is 2. The average Bonchev–Trinajstić information content (AvgIpc) is 2.71. The van der Waals surface area contributed by atoms with Gasteiger partial charge in [0.15, 0.2) is 0 Å². The van der Waals surface area contributed by atoms with Gasteiger partial charge in [0.1, 0.15) is 5.82 Å². The third-order valence-corrected chi connectivity index (χ3v) is 5.30. The summed E-state index contributed by atoms with van der Waals surface area (Å²) in [6.07, 6.45) is 2.35. The van der Waals surface area contributed by atoms with Crippen LogP contribution < -0.4 is 15.7 Å². The van der Waals surface area contributed by atoms with E-state index in [4.69, 9.17) is 11.6 Å². The minimum absolute atomic E-state index is 0.130. The Hall–Kier alpha value is -2.93. The molecular weight excluding hydrogens is 399 g/mol. The number of para-hydroxylation sites is 1. The zero-order valence-electron chi connectivity index (χ0n) is 15.4. The van der Waals surface area contributed by atoms with Gasteiger partial charge in [0.25, 0.3) is 5.91 Å². The van der Waals surface area contributed by atoms with Crippen LogP contribution in [0.5, 0.6) is 0 Å². The van der Waals surface area contributed by atoms with E-state index >= 15 is 0 Å². The molecule has 2 atom stereocenters. The van der Waals surface area contributed by atoms with Crippen LogP contribution in [0.15, 0.2) is 42.5 Å². The molecule has 1 aliphatic rings. The third kappa shape index (κ3) is 4.92. The number of rotatable bonds is 5. The number of anilines is 2. The lowest BCUT2D eigenvalue weighted by Crippen LogP contribution is -2.42. The van der Waals surface area contributed by atoms with Crippen LogP contribution in [0.4, 0.5) is 15.8 Å². The first-order chi connectivity index (χ1) is 13.9. The fraction of sp³-hybridized carbons (Fsp3) is 0.286. The second-order valence-corrected chi connectivity index (χ2v) is 7.34. The van der Waals surface area contributed by atoms with Crippen molar-refractivity contribution >= 4 is 40.8 Å². The van der Waals surface area contributed by atoms with Gasteiger partial charge in [-0.2, -0.15) is 0 Å². The molecule has 2 aromatic rings. The maximum absolute atomic E-state index is 13.3. The molecule has 0 heterocycles. The molecule has 2 amide bonds. The first-order valence-corrected chi connectivity index (χ1v) is 9.61. The van der Waals surface area contributed by atoms with E-state index in [9.17, 15) is 23.9 Å². The number of carboxylic acid groups (broad SMARTS) is 1. The fourth-order valence-electron chi connectivity index (χ4n) is 3.51. The van der Waals surface area contributed by atoms with Crippen molar-refractivity contribution in [2.24, 2.45) is 11.8 Å². The number of nitrogens with one attached hydrogen (secondary N) is 2. The number of aliphatic carboxylic acids is 1. The lowest BCUT2D eigenvalue weighted by molar-refractivity contribution is -0.313. The lowest BCUT2D eigenvalue weighted by atomic mass is 9.78. The Morgan fingerprint density at radius 1 is 1.00 bits per heavy atom. The first kappa shape index (κ1) is 20.8. The normalized spacial score (nSPS) is 18.7. The Morgan fingerprint density at radius 3 is 2.38 bits per heavy atom. The van der Waals surface area contributed by atoms with Gasteiger partial charge in [0.2, 0.25) is 5.91 Å². The van der Waals surface area contributed by atoms with Gasteiger partial charge >= 0.3 is 0 Å². The molecule has 6 nitrogen and oxygen atoms in total. The topological polar surface area (TPSA) is 98.3 Å². The molecule has 0 bridgehead atoms. The minimum Gasteiger partial charge on any atom is -0.550 e. The quantitative estimate of drug-likeness (QED) is 0.780. The maximum atomic E-state index is 13.3. The maximum Gasteiger partial charge on any atom is 0.257 e. The number of benzene rings is 2. The van der Waals surface area contributed by atoms with Gasteiger partial charge in [-0.3, -0.25) is 9.59 Å². The highest BCUT2D eigenvalue weighted by atomic mass is 35.5. The van der Waals surface area contributed by atoms with E-state index in [1.54, 1.807) is 18.2 Å². The second-order valence-electron chi connectivity index (χ2n) is 6.93. The predicted octanol–water partition coefficient (Wildman–Crippen LogP) is 3.23. The van der Waals surface area contributed by atoms with Crippen molar-refractivity contribution in [3.8, 4) is 0 Å². The molecule has 3 rings (SSSR count). The van der Waals surface area contributed by atoms with E-state index in [0.29, 0.717) is 18.5 Å². The van der Waals surface area contributed by atoms with Crippen LogP contribution in [0.2, 0.25) is 5.02 Å². The van der Waals surface area contributed by atoms with Crippen molar-refractivity contribution in [1.82, 2.24) is 0 Å². The lowest BCUT2D eigenvalue weighted by Gasteiger charge is -2.31. The highest BCUT2D eigenvalue weighted by Gasteiger charge is 2.32. The van der Waals surface area contributed by atoms with E-state index in [-0.39, 0.29) is 16.3 Å². The standard InChI is InChI=1S/C21H20ClFN2O4/c22-16-11-12(9-10-17(16)23)24-20(27)15-7-3-4-8-18(15)25-19(26)13-5-1-2-6-14(13)21(28)29/h3-4,7-11,13-14H,1-2,5-6H2,(H,24,27)(H,25,26)(H,28,29)/p-1/t13-,14-/m0/s1. The fourth-order valence-corrected chi connectivity index (χ4v) is 3.70. The smallest absolute Gasteiger partial charge is 0.257 e. The van der Waals surface area contributed by atoms with Gasteiger partial charge in [-0.25, -0.2) is 4.39 Å². The molecule has 1 fully saturated rings. The zero-order chi connectivity index (χ0) is 21.0. The van der Waals surface area contributed by atoms with Crippen LogP contribution in [0.1, 0.15) is 36.0 Å². The van der Waals surface area contributed by atoms with Crippen LogP contribution in [-0.2, 0) is 9.59 Å². The summed E-state index contributed by atoms with van der Waals surface area (Å²) in [4.78, 5) is 36.7. The molecule has 0 spiro atoms. The summed E-state index contributed by atoms with van der Waals surface area (Å²) < 4.78 is 13.3. The average molecular weight is 418 g/mol. The largest absolute Gasteiger partial charge is 0.550 e. The highest BCUT2D eigenvalue weighted by Crippen LogP contribution is 2.31. The Kier molecular flexibility index (Phi) is 6.49. The van der Waals surface area contributed by atoms with Crippen molar-refractivity contribution in [1.29, 1.82) is 0 Å². The second kappa shape index (κ2) is 9.05. The predicted molar refractivity (Wildman–Crippen MR) is 105 cm³/mol. The summed E-state index contributed by atoms with van der Waals surface area (Å²) >= 11 is 5.73. The molecular formula is C21H19ClFN2O4-. The molecule has 152 valence electrons. The Bertz CT molecular complexity index is 950. The summed E-state index contributed by atoms with van der Waals surface area (Å²) in [6, 6.07) is 10.1. The molecule has 0 saturated heterocycles. The SMILES string of the molecule is O=C(Nc1ccc(F)c(Cl)c1)c1ccccc1NC(=O)[C@H]1CCCC[C@@H]1C(=O)[O-]. The molecule has 0 unspecified atom stereocenters. The van der Waals surface area contributed by atoms with Crippen molar-refractivity contribution < 1.29 is 23.9 Å². The minimum atomic E-state index is -1.23. The van der Waals surface area contributed by atoms with Crippen LogP contribution in [0.3, 0.4) is 0 Å². The van der Waals surface area contributed by atoms with Gasteiger partial charge in [0.05, 0.1) is 16.3 Å². The Morgan fingerprint density at radius 2 is 1.69 bits per heavy atom. The highest BCUT2D eigenvalue weighted by molar-refractivity contribution is 6.31. The summed E-state index contributed by atoms with van der Waals surface area (Å²) in [6.45, 7) is 0. The molecule has 0 aliphatic heterocycles. The summed E-state index contributed by atoms with van der Waals surface area (Å²) in [5.41, 5.74) is 0.736. The van der Waals surface area contributed by atoms with E-state index in [2.05, 4.69) is 10.6 Å². The molecule has 0 aromatic heterocycles.